The molecule has 1 aromatic rings. The molecule has 0 nitrogen and oxygen atoms in total. The van der Waals surface area contributed by atoms with E-state index < -0.39 is 0 Å². The molecule has 0 heterocycles. The van der Waals surface area contributed by atoms with Crippen LogP contribution in [0.1, 0.15) is 24.8 Å². The Morgan fingerprint density at radius 3 is 2.67 bits per heavy atom. The summed E-state index contributed by atoms with van der Waals surface area (Å²) in [6, 6.07) is 10.8. The van der Waals surface area contributed by atoms with Crippen molar-refractivity contribution < 1.29 is 0 Å². The van der Waals surface area contributed by atoms with Gasteiger partial charge in [-0.15, -0.1) is 0 Å². The minimum absolute atomic E-state index is 0.808. The summed E-state index contributed by atoms with van der Waals surface area (Å²) in [5.74, 6) is 1.62. The highest BCUT2D eigenvalue weighted by atomic mass is 14.4. The van der Waals surface area contributed by atoms with E-state index >= 15 is 0 Å². The summed E-state index contributed by atoms with van der Waals surface area (Å²) < 4.78 is 0. The largest absolute Gasteiger partial charge is 0.0914 e. The van der Waals surface area contributed by atoms with Crippen LogP contribution in [0.25, 0.3) is 0 Å². The van der Waals surface area contributed by atoms with Gasteiger partial charge in [0.05, 0.1) is 0 Å². The third-order valence-corrected chi connectivity index (χ3v) is 2.51. The Morgan fingerprint density at radius 2 is 2.00 bits per heavy atom. The van der Waals surface area contributed by atoms with Gasteiger partial charge in [-0.3, -0.25) is 0 Å². The molecular weight excluding hydrogens is 144 g/mol. The van der Waals surface area contributed by atoms with Crippen LogP contribution >= 0.6 is 0 Å². The first-order valence-electron chi connectivity index (χ1n) is 4.59. The highest BCUT2D eigenvalue weighted by Gasteiger charge is 2.35. The third kappa shape index (κ3) is 1.42. The van der Waals surface area contributed by atoms with E-state index in [9.17, 15) is 0 Å². The maximum Gasteiger partial charge on any atom is -0.00930 e. The van der Waals surface area contributed by atoms with Crippen LogP contribution in [0, 0.1) is 5.92 Å². The van der Waals surface area contributed by atoms with Gasteiger partial charge >= 0.3 is 0 Å². The molecule has 0 radical (unpaired) electrons. The molecule has 12 heavy (non-hydrogen) atoms. The molecule has 2 atom stereocenters. The van der Waals surface area contributed by atoms with Gasteiger partial charge in [0.1, 0.15) is 0 Å². The molecule has 0 saturated heterocycles. The van der Waals surface area contributed by atoms with Crippen LogP contribution in [0.2, 0.25) is 0 Å². The first-order valence-corrected chi connectivity index (χ1v) is 4.59. The van der Waals surface area contributed by atoms with E-state index in [1.54, 1.807) is 0 Å². The quantitative estimate of drug-likeness (QED) is 0.579. The van der Waals surface area contributed by atoms with Gasteiger partial charge in [-0.2, -0.15) is 0 Å². The molecule has 1 fully saturated rings. The molecule has 0 aliphatic heterocycles. The number of hydrogen-bond donors (Lipinski definition) is 0. The predicted molar refractivity (Wildman–Crippen MR) is 52.1 cm³/mol. The van der Waals surface area contributed by atoms with E-state index in [0.717, 1.165) is 11.8 Å². The van der Waals surface area contributed by atoms with Crippen molar-refractivity contribution >= 4 is 0 Å². The van der Waals surface area contributed by atoms with Crippen molar-refractivity contribution in [3.8, 4) is 0 Å². The van der Waals surface area contributed by atoms with Gasteiger partial charge in [-0.1, -0.05) is 42.5 Å². The van der Waals surface area contributed by atoms with Crippen LogP contribution in [0.15, 0.2) is 42.5 Å². The molecule has 1 aromatic carbocycles. The molecule has 1 aliphatic carbocycles. The normalized spacial score (nSPS) is 27.8. The number of allylic oxidation sites excluding steroid dienone is 2. The van der Waals surface area contributed by atoms with E-state index in [1.807, 2.05) is 0 Å². The molecule has 0 bridgehead atoms. The maximum absolute atomic E-state index is 2.32. The van der Waals surface area contributed by atoms with Crippen molar-refractivity contribution in [3.05, 3.63) is 48.0 Å². The fourth-order valence-corrected chi connectivity index (χ4v) is 1.76. The molecule has 0 spiro atoms. The fourth-order valence-electron chi connectivity index (χ4n) is 1.76. The standard InChI is InChI=1S/C12H14/c1-2-6-11-9-12(11)10-7-4-3-5-8-10/h2-8,11-12H,9H2,1H3/b6-2+/t11-,12+/m1/s1. The van der Waals surface area contributed by atoms with Crippen LogP contribution in [0.3, 0.4) is 0 Å². The molecule has 0 aromatic heterocycles. The average Bonchev–Trinajstić information content (AvgIpc) is 2.87. The van der Waals surface area contributed by atoms with Gasteiger partial charge < -0.3 is 0 Å². The first-order chi connectivity index (χ1) is 5.92. The van der Waals surface area contributed by atoms with E-state index in [0.29, 0.717) is 0 Å². The summed E-state index contributed by atoms with van der Waals surface area (Å²) in [6.45, 7) is 2.10. The lowest BCUT2D eigenvalue weighted by Crippen LogP contribution is -1.78. The average molecular weight is 158 g/mol. The molecule has 0 unspecified atom stereocenters. The van der Waals surface area contributed by atoms with Gasteiger partial charge in [0.15, 0.2) is 0 Å². The van der Waals surface area contributed by atoms with E-state index in [2.05, 4.69) is 49.4 Å². The fraction of sp³-hybridized carbons (Fsp3) is 0.333. The predicted octanol–water partition coefficient (Wildman–Crippen LogP) is 3.37. The second kappa shape index (κ2) is 3.14. The summed E-state index contributed by atoms with van der Waals surface area (Å²) in [4.78, 5) is 0. The van der Waals surface area contributed by atoms with E-state index in [4.69, 9.17) is 0 Å². The van der Waals surface area contributed by atoms with Crippen LogP contribution in [0.4, 0.5) is 0 Å². The molecule has 2 rings (SSSR count). The van der Waals surface area contributed by atoms with Crippen LogP contribution in [0.5, 0.6) is 0 Å². The van der Waals surface area contributed by atoms with Crippen molar-refractivity contribution in [3.63, 3.8) is 0 Å². The monoisotopic (exact) mass is 158 g/mol. The van der Waals surface area contributed by atoms with Crippen molar-refractivity contribution in [2.75, 3.05) is 0 Å². The van der Waals surface area contributed by atoms with Gasteiger partial charge in [-0.05, 0) is 30.7 Å². The highest BCUT2D eigenvalue weighted by Crippen LogP contribution is 2.48. The summed E-state index contributed by atoms with van der Waals surface area (Å²) in [5, 5.41) is 0. The van der Waals surface area contributed by atoms with Crippen molar-refractivity contribution in [1.29, 1.82) is 0 Å². The zero-order valence-electron chi connectivity index (χ0n) is 7.40. The van der Waals surface area contributed by atoms with Crippen LogP contribution in [-0.2, 0) is 0 Å². The zero-order valence-corrected chi connectivity index (χ0v) is 7.40. The molecular formula is C12H14. The van der Waals surface area contributed by atoms with E-state index in [-0.39, 0.29) is 0 Å². The SMILES string of the molecule is C/C=C/[C@@H]1C[C@H]1c1ccccc1. The Labute approximate surface area is 73.9 Å². The Kier molecular flexibility index (Phi) is 1.99. The second-order valence-corrected chi connectivity index (χ2v) is 3.44. The number of benzene rings is 1. The van der Waals surface area contributed by atoms with Gasteiger partial charge in [0.2, 0.25) is 0 Å². The lowest BCUT2D eigenvalue weighted by atomic mass is 10.1. The zero-order chi connectivity index (χ0) is 8.39. The molecule has 0 amide bonds. The van der Waals surface area contributed by atoms with Crippen LogP contribution in [-0.4, -0.2) is 0 Å². The molecule has 62 valence electrons. The summed E-state index contributed by atoms with van der Waals surface area (Å²) >= 11 is 0. The van der Waals surface area contributed by atoms with Gasteiger partial charge in [0, 0.05) is 0 Å². The lowest BCUT2D eigenvalue weighted by molar-refractivity contribution is 1.01. The second-order valence-electron chi connectivity index (χ2n) is 3.44. The highest BCUT2D eigenvalue weighted by molar-refractivity contribution is 5.27. The number of rotatable bonds is 2. The Balaban J connectivity index is 2.06. The van der Waals surface area contributed by atoms with Crippen molar-refractivity contribution in [1.82, 2.24) is 0 Å². The van der Waals surface area contributed by atoms with Gasteiger partial charge in [0.25, 0.3) is 0 Å². The maximum atomic E-state index is 2.32. The molecule has 0 heteroatoms. The van der Waals surface area contributed by atoms with E-state index in [1.165, 1.54) is 12.0 Å². The van der Waals surface area contributed by atoms with Crippen molar-refractivity contribution in [2.24, 2.45) is 5.92 Å². The summed E-state index contributed by atoms with van der Waals surface area (Å²) in [5.41, 5.74) is 1.50. The van der Waals surface area contributed by atoms with Gasteiger partial charge in [-0.25, -0.2) is 0 Å². The van der Waals surface area contributed by atoms with Crippen molar-refractivity contribution in [2.45, 2.75) is 19.3 Å². The first kappa shape index (κ1) is 7.60. The van der Waals surface area contributed by atoms with Crippen LogP contribution < -0.4 is 0 Å². The summed E-state index contributed by atoms with van der Waals surface area (Å²) in [6.07, 6.45) is 5.82. The smallest absolute Gasteiger partial charge is 0.00930 e. The Bertz CT molecular complexity index is 271. The lowest BCUT2D eigenvalue weighted by Gasteiger charge is -1.95. The molecule has 1 aliphatic rings. The third-order valence-electron chi connectivity index (χ3n) is 2.51. The Morgan fingerprint density at radius 1 is 1.25 bits per heavy atom. The number of hydrogen-bond acceptors (Lipinski definition) is 0. The minimum atomic E-state index is 0.808. The summed E-state index contributed by atoms with van der Waals surface area (Å²) in [7, 11) is 0. The minimum Gasteiger partial charge on any atom is -0.0914 e. The molecule has 1 saturated carbocycles. The Hall–Kier alpha value is -1.04. The topological polar surface area (TPSA) is 0 Å². The molecule has 0 N–H and O–H groups in total.